The van der Waals surface area contributed by atoms with Gasteiger partial charge in [-0.2, -0.15) is 0 Å². The molecule has 4 heteroatoms. The van der Waals surface area contributed by atoms with Crippen LogP contribution < -0.4 is 0 Å². The van der Waals surface area contributed by atoms with Crippen LogP contribution in [0.2, 0.25) is 0 Å². The lowest BCUT2D eigenvalue weighted by Gasteiger charge is -2.14. The number of rotatable bonds is 6. The summed E-state index contributed by atoms with van der Waals surface area (Å²) in [6.07, 6.45) is 0.154. The summed E-state index contributed by atoms with van der Waals surface area (Å²) in [6, 6.07) is 7.59. The van der Waals surface area contributed by atoms with Gasteiger partial charge in [0.25, 0.3) is 0 Å². The minimum absolute atomic E-state index is 0.374. The Labute approximate surface area is 101 Å². The quantitative estimate of drug-likeness (QED) is 0.772. The molecule has 1 atom stereocenters. The third-order valence-electron chi connectivity index (χ3n) is 2.64. The zero-order chi connectivity index (χ0) is 12.8. The van der Waals surface area contributed by atoms with E-state index in [-0.39, 0.29) is 12.2 Å². The molecular weight excluding hydrogens is 220 g/mol. The van der Waals surface area contributed by atoms with Gasteiger partial charge in [-0.1, -0.05) is 31.2 Å². The number of methoxy groups -OCH3 is 2. The van der Waals surface area contributed by atoms with Gasteiger partial charge in [0.15, 0.2) is 6.29 Å². The number of carbonyl (C=O) groups is 1. The van der Waals surface area contributed by atoms with Crippen molar-refractivity contribution in [3.63, 3.8) is 0 Å². The van der Waals surface area contributed by atoms with Crippen LogP contribution >= 0.6 is 0 Å². The first-order valence-electron chi connectivity index (χ1n) is 5.45. The van der Waals surface area contributed by atoms with Gasteiger partial charge in [0.1, 0.15) is 0 Å². The molecule has 1 unspecified atom stereocenters. The smallest absolute Gasteiger partial charge is 0.306 e. The van der Waals surface area contributed by atoms with Crippen molar-refractivity contribution in [1.82, 2.24) is 0 Å². The molecule has 0 heterocycles. The van der Waals surface area contributed by atoms with Gasteiger partial charge >= 0.3 is 5.97 Å². The number of ether oxygens (including phenoxy) is 2. The summed E-state index contributed by atoms with van der Waals surface area (Å²) in [6.45, 7) is 1.70. The van der Waals surface area contributed by atoms with Gasteiger partial charge in [0.2, 0.25) is 0 Å². The summed E-state index contributed by atoms with van der Waals surface area (Å²) in [4.78, 5) is 10.7. The first-order chi connectivity index (χ1) is 8.08. The maximum Gasteiger partial charge on any atom is 0.306 e. The van der Waals surface area contributed by atoms with E-state index < -0.39 is 5.97 Å². The highest BCUT2D eigenvalue weighted by atomic mass is 16.7. The van der Waals surface area contributed by atoms with Crippen LogP contribution in [0.15, 0.2) is 24.3 Å². The fourth-order valence-electron chi connectivity index (χ4n) is 1.62. The molecule has 1 aromatic rings. The van der Waals surface area contributed by atoms with Crippen molar-refractivity contribution in [1.29, 1.82) is 0 Å². The van der Waals surface area contributed by atoms with Gasteiger partial charge in [-0.15, -0.1) is 0 Å². The van der Waals surface area contributed by atoms with E-state index in [1.54, 1.807) is 21.1 Å². The van der Waals surface area contributed by atoms with Gasteiger partial charge in [-0.25, -0.2) is 0 Å². The van der Waals surface area contributed by atoms with Crippen molar-refractivity contribution in [3.05, 3.63) is 35.4 Å². The Hall–Kier alpha value is -1.39. The molecule has 0 amide bonds. The van der Waals surface area contributed by atoms with Crippen LogP contribution in [0.1, 0.15) is 24.3 Å². The van der Waals surface area contributed by atoms with E-state index in [2.05, 4.69) is 0 Å². The predicted octanol–water partition coefficient (Wildman–Crippen LogP) is 2.24. The maximum absolute atomic E-state index is 10.7. The summed E-state index contributed by atoms with van der Waals surface area (Å²) in [5, 5.41) is 8.82. The lowest BCUT2D eigenvalue weighted by Crippen LogP contribution is -2.12. The van der Waals surface area contributed by atoms with Crippen LogP contribution in [0.25, 0.3) is 0 Å². The van der Waals surface area contributed by atoms with Crippen LogP contribution in [-0.2, 0) is 20.7 Å². The van der Waals surface area contributed by atoms with E-state index in [0.717, 1.165) is 11.1 Å². The Kier molecular flexibility index (Phi) is 5.12. The molecule has 0 saturated heterocycles. The number of hydrogen-bond acceptors (Lipinski definition) is 3. The minimum atomic E-state index is -0.777. The highest BCUT2D eigenvalue weighted by molar-refractivity contribution is 5.69. The monoisotopic (exact) mass is 238 g/mol. The van der Waals surface area contributed by atoms with E-state index in [1.807, 2.05) is 24.3 Å². The standard InChI is InChI=1S/C13H18O4/c1-9(12(14)15)8-10-4-6-11(7-5-10)13(16-2)17-3/h4-7,9,13H,8H2,1-3H3,(H,14,15). The average molecular weight is 238 g/mol. The number of aliphatic carboxylic acids is 1. The molecule has 1 aromatic carbocycles. The van der Waals surface area contributed by atoms with E-state index in [4.69, 9.17) is 14.6 Å². The zero-order valence-electron chi connectivity index (χ0n) is 10.3. The highest BCUT2D eigenvalue weighted by Crippen LogP contribution is 2.18. The van der Waals surface area contributed by atoms with Crippen LogP contribution in [0.4, 0.5) is 0 Å². The molecule has 0 saturated carbocycles. The first kappa shape index (κ1) is 13.7. The van der Waals surface area contributed by atoms with Crippen molar-refractivity contribution in [2.45, 2.75) is 19.6 Å². The average Bonchev–Trinajstić information content (AvgIpc) is 2.32. The maximum atomic E-state index is 10.7. The van der Waals surface area contributed by atoms with Crippen molar-refractivity contribution in [2.75, 3.05) is 14.2 Å². The molecule has 0 aliphatic heterocycles. The van der Waals surface area contributed by atoms with Crippen LogP contribution in [0.5, 0.6) is 0 Å². The van der Waals surface area contributed by atoms with E-state index in [9.17, 15) is 4.79 Å². The molecule has 94 valence electrons. The van der Waals surface area contributed by atoms with E-state index in [1.165, 1.54) is 0 Å². The number of carboxylic acids is 1. The lowest BCUT2D eigenvalue weighted by molar-refractivity contribution is -0.141. The third kappa shape index (κ3) is 3.84. The summed E-state index contributed by atoms with van der Waals surface area (Å²) in [5.74, 6) is -1.15. The van der Waals surface area contributed by atoms with Crippen LogP contribution in [0.3, 0.4) is 0 Å². The number of benzene rings is 1. The molecule has 0 bridgehead atoms. The second kappa shape index (κ2) is 6.37. The van der Waals surface area contributed by atoms with Crippen molar-refractivity contribution in [3.8, 4) is 0 Å². The van der Waals surface area contributed by atoms with E-state index >= 15 is 0 Å². The minimum Gasteiger partial charge on any atom is -0.481 e. The van der Waals surface area contributed by atoms with Crippen LogP contribution in [0, 0.1) is 5.92 Å². The molecule has 0 aliphatic carbocycles. The zero-order valence-corrected chi connectivity index (χ0v) is 10.3. The topological polar surface area (TPSA) is 55.8 Å². The molecule has 1 N–H and O–H groups in total. The Bertz CT molecular complexity index is 354. The molecule has 1 rings (SSSR count). The second-order valence-electron chi connectivity index (χ2n) is 3.99. The lowest BCUT2D eigenvalue weighted by atomic mass is 10.0. The predicted molar refractivity (Wildman–Crippen MR) is 63.7 cm³/mol. The number of carboxylic acid groups (broad SMARTS) is 1. The Balaban J connectivity index is 2.71. The molecule has 0 spiro atoms. The fraction of sp³-hybridized carbons (Fsp3) is 0.462. The Morgan fingerprint density at radius 2 is 1.76 bits per heavy atom. The van der Waals surface area contributed by atoms with Gasteiger partial charge in [0.05, 0.1) is 5.92 Å². The van der Waals surface area contributed by atoms with Crippen molar-refractivity contribution >= 4 is 5.97 Å². The Morgan fingerprint density at radius 3 is 2.18 bits per heavy atom. The SMILES string of the molecule is COC(OC)c1ccc(CC(C)C(=O)O)cc1. The first-order valence-corrected chi connectivity index (χ1v) is 5.45. The largest absolute Gasteiger partial charge is 0.481 e. The number of hydrogen-bond donors (Lipinski definition) is 1. The molecule has 0 aliphatic rings. The van der Waals surface area contributed by atoms with Gasteiger partial charge in [-0.05, 0) is 12.0 Å². The third-order valence-corrected chi connectivity index (χ3v) is 2.64. The van der Waals surface area contributed by atoms with Gasteiger partial charge < -0.3 is 14.6 Å². The second-order valence-corrected chi connectivity index (χ2v) is 3.99. The van der Waals surface area contributed by atoms with Crippen molar-refractivity contribution < 1.29 is 19.4 Å². The Morgan fingerprint density at radius 1 is 1.24 bits per heavy atom. The summed E-state index contributed by atoms with van der Waals surface area (Å²) in [7, 11) is 3.16. The summed E-state index contributed by atoms with van der Waals surface area (Å²) in [5.41, 5.74) is 1.91. The molecular formula is C13H18O4. The van der Waals surface area contributed by atoms with Crippen molar-refractivity contribution in [2.24, 2.45) is 5.92 Å². The highest BCUT2D eigenvalue weighted by Gasteiger charge is 2.12. The van der Waals surface area contributed by atoms with E-state index in [0.29, 0.717) is 6.42 Å². The molecule has 0 radical (unpaired) electrons. The molecule has 0 fully saturated rings. The summed E-state index contributed by atoms with van der Waals surface area (Å²) < 4.78 is 10.3. The molecule has 0 aromatic heterocycles. The van der Waals surface area contributed by atoms with Gasteiger partial charge in [-0.3, -0.25) is 4.79 Å². The van der Waals surface area contributed by atoms with Gasteiger partial charge in [0, 0.05) is 19.8 Å². The van der Waals surface area contributed by atoms with Crippen LogP contribution in [-0.4, -0.2) is 25.3 Å². The molecule has 4 nitrogen and oxygen atoms in total. The molecule has 17 heavy (non-hydrogen) atoms. The summed E-state index contributed by atoms with van der Waals surface area (Å²) >= 11 is 0. The fourth-order valence-corrected chi connectivity index (χ4v) is 1.62. The normalized spacial score (nSPS) is 12.7.